The molecular formula is C16H17Cl2O4P. The molecule has 0 fully saturated rings. The zero-order chi connectivity index (χ0) is 17.4. The van der Waals surface area contributed by atoms with Crippen LogP contribution in [0.5, 0.6) is 11.5 Å². The van der Waals surface area contributed by atoms with Gasteiger partial charge in [0.25, 0.3) is 0 Å². The van der Waals surface area contributed by atoms with E-state index in [0.717, 1.165) is 11.1 Å². The normalized spacial score (nSPS) is 11.4. The molecular weight excluding hydrogens is 358 g/mol. The maximum Gasteiger partial charge on any atom is 0.584 e. The van der Waals surface area contributed by atoms with Gasteiger partial charge < -0.3 is 9.05 Å². The third-order valence-corrected chi connectivity index (χ3v) is 5.44. The second-order valence-corrected chi connectivity index (χ2v) is 7.36. The summed E-state index contributed by atoms with van der Waals surface area (Å²) in [6.45, 7) is 7.13. The molecule has 0 amide bonds. The fourth-order valence-electron chi connectivity index (χ4n) is 1.99. The minimum Gasteiger partial charge on any atom is -0.395 e. The van der Waals surface area contributed by atoms with Crippen LogP contribution in [0.25, 0.3) is 0 Å². The molecule has 0 aromatic heterocycles. The molecule has 0 unspecified atom stereocenters. The predicted molar refractivity (Wildman–Crippen MR) is 92.9 cm³/mol. The first kappa shape index (κ1) is 18.2. The summed E-state index contributed by atoms with van der Waals surface area (Å²) in [5, 5.41) is 1.13. The molecule has 4 nitrogen and oxygen atoms in total. The van der Waals surface area contributed by atoms with E-state index >= 15 is 0 Å². The second kappa shape index (κ2) is 6.74. The summed E-state index contributed by atoms with van der Waals surface area (Å²) in [7, 11) is -4.35. The van der Waals surface area contributed by atoms with E-state index in [1.54, 1.807) is 39.8 Å². The third kappa shape index (κ3) is 4.02. The molecule has 2 rings (SSSR count). The largest absolute Gasteiger partial charge is 0.584 e. The topological polar surface area (TPSA) is 55.8 Å². The predicted octanol–water partition coefficient (Wildman–Crippen LogP) is 5.79. The third-order valence-electron chi connectivity index (χ3n) is 3.77. The molecule has 1 N–H and O–H groups in total. The van der Waals surface area contributed by atoms with Gasteiger partial charge in [-0.3, -0.25) is 4.89 Å². The van der Waals surface area contributed by atoms with Crippen molar-refractivity contribution < 1.29 is 18.5 Å². The van der Waals surface area contributed by atoms with E-state index in [1.165, 1.54) is 12.1 Å². The maximum absolute atomic E-state index is 12.3. The summed E-state index contributed by atoms with van der Waals surface area (Å²) in [6, 6.07) is 6.29. The molecule has 2 aromatic carbocycles. The van der Waals surface area contributed by atoms with Crippen LogP contribution in [0, 0.1) is 27.7 Å². The first-order valence-electron chi connectivity index (χ1n) is 6.86. The van der Waals surface area contributed by atoms with Crippen molar-refractivity contribution in [2.45, 2.75) is 27.7 Å². The standard InChI is InChI=1S/C16H17Cl2O4P/c1-9-11(3)15(7-5-13(9)17)21-23(19,20)22-16-8-6-14(18)10(2)12(16)4/h5-8H,1-4H3,(H,19,20). The fourth-order valence-corrected chi connectivity index (χ4v) is 3.33. The summed E-state index contributed by atoms with van der Waals surface area (Å²) >= 11 is 12.0. The minimum absolute atomic E-state index is 0.251. The van der Waals surface area contributed by atoms with Gasteiger partial charge in [0.05, 0.1) is 0 Å². The van der Waals surface area contributed by atoms with Crippen molar-refractivity contribution in [3.05, 3.63) is 56.6 Å². The number of hydrogen-bond acceptors (Lipinski definition) is 3. The van der Waals surface area contributed by atoms with Crippen LogP contribution in [0.1, 0.15) is 22.3 Å². The fraction of sp³-hybridized carbons (Fsp3) is 0.250. The van der Waals surface area contributed by atoms with E-state index in [9.17, 15) is 9.46 Å². The Morgan fingerprint density at radius 2 is 1.13 bits per heavy atom. The van der Waals surface area contributed by atoms with Crippen molar-refractivity contribution >= 4 is 31.0 Å². The molecule has 2 aromatic rings. The molecule has 0 aliphatic heterocycles. The number of halogens is 2. The molecule has 124 valence electrons. The summed E-state index contributed by atoms with van der Waals surface area (Å²) in [6.07, 6.45) is 0. The quantitative estimate of drug-likeness (QED) is 0.688. The highest BCUT2D eigenvalue weighted by atomic mass is 35.5. The molecule has 0 spiro atoms. The molecule has 0 radical (unpaired) electrons. The molecule has 0 atom stereocenters. The lowest BCUT2D eigenvalue weighted by Gasteiger charge is -2.18. The Morgan fingerprint density at radius 3 is 1.48 bits per heavy atom. The number of phosphoric ester groups is 1. The Hall–Kier alpha value is -1.19. The lowest BCUT2D eigenvalue weighted by molar-refractivity contribution is 0.289. The van der Waals surface area contributed by atoms with Gasteiger partial charge in [-0.2, -0.15) is 0 Å². The van der Waals surface area contributed by atoms with Gasteiger partial charge in [0.2, 0.25) is 0 Å². The highest BCUT2D eigenvalue weighted by molar-refractivity contribution is 7.48. The summed E-state index contributed by atoms with van der Waals surface area (Å²) in [4.78, 5) is 10.0. The average Bonchev–Trinajstić information content (AvgIpc) is 2.48. The van der Waals surface area contributed by atoms with E-state index in [2.05, 4.69) is 0 Å². The lowest BCUT2D eigenvalue weighted by Crippen LogP contribution is -2.03. The SMILES string of the molecule is Cc1c(Cl)ccc(OP(=O)(O)Oc2ccc(Cl)c(C)c2C)c1C. The molecule has 0 aliphatic rings. The molecule has 0 heterocycles. The molecule has 7 heteroatoms. The average molecular weight is 375 g/mol. The zero-order valence-electron chi connectivity index (χ0n) is 13.2. The second-order valence-electron chi connectivity index (χ2n) is 5.24. The van der Waals surface area contributed by atoms with E-state index in [1.807, 2.05) is 0 Å². The van der Waals surface area contributed by atoms with Crippen molar-refractivity contribution in [2.24, 2.45) is 0 Å². The van der Waals surface area contributed by atoms with Crippen LogP contribution in [-0.4, -0.2) is 4.89 Å². The highest BCUT2D eigenvalue weighted by Gasteiger charge is 2.27. The van der Waals surface area contributed by atoms with Gasteiger partial charge in [0.1, 0.15) is 11.5 Å². The summed E-state index contributed by atoms with van der Waals surface area (Å²) < 4.78 is 22.7. The van der Waals surface area contributed by atoms with Crippen molar-refractivity contribution in [2.75, 3.05) is 0 Å². The van der Waals surface area contributed by atoms with E-state index in [-0.39, 0.29) is 11.5 Å². The highest BCUT2D eigenvalue weighted by Crippen LogP contribution is 2.47. The van der Waals surface area contributed by atoms with Crippen LogP contribution < -0.4 is 9.05 Å². The zero-order valence-corrected chi connectivity index (χ0v) is 15.6. The molecule has 0 saturated heterocycles. The van der Waals surface area contributed by atoms with E-state index in [4.69, 9.17) is 32.2 Å². The Morgan fingerprint density at radius 1 is 0.783 bits per heavy atom. The Bertz CT molecular complexity index is 742. The molecule has 23 heavy (non-hydrogen) atoms. The lowest BCUT2D eigenvalue weighted by atomic mass is 10.1. The van der Waals surface area contributed by atoms with Crippen LogP contribution in [0.3, 0.4) is 0 Å². The van der Waals surface area contributed by atoms with Crippen LogP contribution in [0.2, 0.25) is 10.0 Å². The van der Waals surface area contributed by atoms with Crippen molar-refractivity contribution in [3.8, 4) is 11.5 Å². The van der Waals surface area contributed by atoms with Crippen LogP contribution in [0.4, 0.5) is 0 Å². The summed E-state index contributed by atoms with van der Waals surface area (Å²) in [5.74, 6) is 0.502. The molecule has 0 bridgehead atoms. The first-order chi connectivity index (χ1) is 10.6. The van der Waals surface area contributed by atoms with E-state index in [0.29, 0.717) is 21.2 Å². The van der Waals surface area contributed by atoms with Crippen molar-refractivity contribution in [1.29, 1.82) is 0 Å². The number of phosphoric acid groups is 1. The number of rotatable bonds is 4. The van der Waals surface area contributed by atoms with E-state index < -0.39 is 7.82 Å². The van der Waals surface area contributed by atoms with Gasteiger partial charge >= 0.3 is 7.82 Å². The monoisotopic (exact) mass is 374 g/mol. The van der Waals surface area contributed by atoms with Gasteiger partial charge in [-0.25, -0.2) is 4.57 Å². The van der Waals surface area contributed by atoms with Crippen LogP contribution >= 0.6 is 31.0 Å². The molecule has 0 aliphatic carbocycles. The van der Waals surface area contributed by atoms with Gasteiger partial charge in [0, 0.05) is 10.0 Å². The number of benzene rings is 2. The van der Waals surface area contributed by atoms with Crippen LogP contribution in [-0.2, 0) is 4.57 Å². The number of hydrogen-bond donors (Lipinski definition) is 1. The Balaban J connectivity index is 2.29. The Labute approximate surface area is 145 Å². The molecule has 0 saturated carbocycles. The van der Waals surface area contributed by atoms with Gasteiger partial charge in [-0.15, -0.1) is 0 Å². The smallest absolute Gasteiger partial charge is 0.395 e. The first-order valence-corrected chi connectivity index (χ1v) is 9.11. The van der Waals surface area contributed by atoms with Crippen molar-refractivity contribution in [3.63, 3.8) is 0 Å². The summed E-state index contributed by atoms with van der Waals surface area (Å²) in [5.41, 5.74) is 2.92. The van der Waals surface area contributed by atoms with Gasteiger partial charge in [0.15, 0.2) is 0 Å². The van der Waals surface area contributed by atoms with Crippen LogP contribution in [0.15, 0.2) is 24.3 Å². The Kier molecular flexibility index (Phi) is 5.32. The van der Waals surface area contributed by atoms with Crippen molar-refractivity contribution in [1.82, 2.24) is 0 Å². The van der Waals surface area contributed by atoms with Gasteiger partial charge in [-0.1, -0.05) is 23.2 Å². The maximum atomic E-state index is 12.3. The minimum atomic E-state index is -4.35. The van der Waals surface area contributed by atoms with Gasteiger partial charge in [-0.05, 0) is 74.2 Å².